The molecule has 5 nitrogen and oxygen atoms in total. The Morgan fingerprint density at radius 1 is 1.00 bits per heavy atom. The van der Waals surface area contributed by atoms with E-state index in [-0.39, 0.29) is 12.5 Å². The molecule has 0 bridgehead atoms. The van der Waals surface area contributed by atoms with E-state index in [9.17, 15) is 4.79 Å². The topological polar surface area (TPSA) is 55.6 Å². The van der Waals surface area contributed by atoms with Crippen molar-refractivity contribution in [1.29, 1.82) is 0 Å². The number of aryl methyl sites for hydroxylation is 2. The molecule has 0 atom stereocenters. The number of benzene rings is 2. The maximum absolute atomic E-state index is 12.1. The second-order valence-corrected chi connectivity index (χ2v) is 6.82. The lowest BCUT2D eigenvalue weighted by atomic mass is 10.1. The van der Waals surface area contributed by atoms with E-state index in [2.05, 4.69) is 16.4 Å². The van der Waals surface area contributed by atoms with Gasteiger partial charge in [-0.05, 0) is 55.8 Å². The molecule has 4 rings (SSSR count). The molecule has 2 aromatic heterocycles. The Kier molecular flexibility index (Phi) is 4.81. The third-order valence-electron chi connectivity index (χ3n) is 4.47. The van der Waals surface area contributed by atoms with Gasteiger partial charge >= 0.3 is 0 Å². The summed E-state index contributed by atoms with van der Waals surface area (Å²) in [5.41, 5.74) is 5.86. The van der Waals surface area contributed by atoms with Gasteiger partial charge in [0.2, 0.25) is 0 Å². The SMILES string of the molecule is Cc1ccc(OCC(=O)Nc2ccc(-c3cn4ccc(C)cc4n3)cc2)cc1. The highest BCUT2D eigenvalue weighted by Gasteiger charge is 2.07. The van der Waals surface area contributed by atoms with Gasteiger partial charge < -0.3 is 14.5 Å². The third kappa shape index (κ3) is 4.04. The number of carbonyl (C=O) groups is 1. The van der Waals surface area contributed by atoms with Crippen molar-refractivity contribution in [2.45, 2.75) is 13.8 Å². The number of carbonyl (C=O) groups excluding carboxylic acids is 1. The average Bonchev–Trinajstić information content (AvgIpc) is 3.11. The minimum absolute atomic E-state index is 0.0312. The molecule has 140 valence electrons. The van der Waals surface area contributed by atoms with E-state index in [0.29, 0.717) is 5.75 Å². The van der Waals surface area contributed by atoms with Gasteiger partial charge in [-0.15, -0.1) is 0 Å². The van der Waals surface area contributed by atoms with Crippen molar-refractivity contribution in [3.8, 4) is 17.0 Å². The predicted molar refractivity (Wildman–Crippen MR) is 111 cm³/mol. The molecule has 0 fully saturated rings. The minimum atomic E-state index is -0.198. The zero-order chi connectivity index (χ0) is 19.5. The molecule has 1 amide bonds. The van der Waals surface area contributed by atoms with Gasteiger partial charge in [-0.25, -0.2) is 4.98 Å². The molecule has 0 spiro atoms. The highest BCUT2D eigenvalue weighted by Crippen LogP contribution is 2.22. The molecule has 4 aromatic rings. The highest BCUT2D eigenvalue weighted by molar-refractivity contribution is 5.92. The van der Waals surface area contributed by atoms with Crippen LogP contribution in [0.4, 0.5) is 5.69 Å². The number of amides is 1. The van der Waals surface area contributed by atoms with Crippen LogP contribution in [0.2, 0.25) is 0 Å². The van der Waals surface area contributed by atoms with Crippen molar-refractivity contribution in [3.05, 3.63) is 84.2 Å². The predicted octanol–water partition coefficient (Wildman–Crippen LogP) is 4.64. The molecule has 2 heterocycles. The molecule has 0 saturated carbocycles. The molecular weight excluding hydrogens is 350 g/mol. The van der Waals surface area contributed by atoms with E-state index in [1.807, 2.05) is 85.2 Å². The Morgan fingerprint density at radius 2 is 1.75 bits per heavy atom. The fraction of sp³-hybridized carbons (Fsp3) is 0.130. The Labute approximate surface area is 163 Å². The number of ether oxygens (including phenoxy) is 1. The largest absolute Gasteiger partial charge is 0.484 e. The second-order valence-electron chi connectivity index (χ2n) is 6.82. The first-order valence-electron chi connectivity index (χ1n) is 9.12. The number of fused-ring (bicyclic) bond motifs is 1. The number of aromatic nitrogens is 2. The molecule has 0 aliphatic carbocycles. The fourth-order valence-electron chi connectivity index (χ4n) is 2.93. The molecule has 0 aliphatic rings. The molecular formula is C23H21N3O2. The Bertz CT molecular complexity index is 1110. The number of anilines is 1. The van der Waals surface area contributed by atoms with Crippen LogP contribution < -0.4 is 10.1 Å². The van der Waals surface area contributed by atoms with Crippen LogP contribution in [0.25, 0.3) is 16.9 Å². The van der Waals surface area contributed by atoms with Gasteiger partial charge in [0.05, 0.1) is 5.69 Å². The van der Waals surface area contributed by atoms with Gasteiger partial charge in [0, 0.05) is 23.6 Å². The van der Waals surface area contributed by atoms with E-state index in [4.69, 9.17) is 4.74 Å². The van der Waals surface area contributed by atoms with Gasteiger partial charge in [0.1, 0.15) is 11.4 Å². The Balaban J connectivity index is 1.39. The Hall–Kier alpha value is -3.60. The maximum Gasteiger partial charge on any atom is 0.262 e. The van der Waals surface area contributed by atoms with Crippen LogP contribution in [0.3, 0.4) is 0 Å². The quantitative estimate of drug-likeness (QED) is 0.556. The zero-order valence-electron chi connectivity index (χ0n) is 15.8. The first kappa shape index (κ1) is 17.8. The number of nitrogens with one attached hydrogen (secondary N) is 1. The Morgan fingerprint density at radius 3 is 2.50 bits per heavy atom. The number of rotatable bonds is 5. The van der Waals surface area contributed by atoms with Crippen LogP contribution in [0.5, 0.6) is 5.75 Å². The third-order valence-corrected chi connectivity index (χ3v) is 4.47. The number of hydrogen-bond acceptors (Lipinski definition) is 3. The van der Waals surface area contributed by atoms with Crippen molar-refractivity contribution < 1.29 is 9.53 Å². The monoisotopic (exact) mass is 371 g/mol. The summed E-state index contributed by atoms with van der Waals surface area (Å²) in [6, 6.07) is 19.3. The maximum atomic E-state index is 12.1. The lowest BCUT2D eigenvalue weighted by molar-refractivity contribution is -0.118. The van der Waals surface area contributed by atoms with E-state index >= 15 is 0 Å². The summed E-state index contributed by atoms with van der Waals surface area (Å²) in [4.78, 5) is 16.8. The van der Waals surface area contributed by atoms with E-state index in [1.165, 1.54) is 5.56 Å². The lowest BCUT2D eigenvalue weighted by Crippen LogP contribution is -2.20. The fourth-order valence-corrected chi connectivity index (χ4v) is 2.93. The second kappa shape index (κ2) is 7.56. The summed E-state index contributed by atoms with van der Waals surface area (Å²) in [5, 5.41) is 2.85. The summed E-state index contributed by atoms with van der Waals surface area (Å²) in [6.07, 6.45) is 4.00. The molecule has 2 aromatic carbocycles. The summed E-state index contributed by atoms with van der Waals surface area (Å²) < 4.78 is 7.51. The van der Waals surface area contributed by atoms with Gasteiger partial charge in [0.25, 0.3) is 5.91 Å². The lowest BCUT2D eigenvalue weighted by Gasteiger charge is -2.08. The van der Waals surface area contributed by atoms with Gasteiger partial charge in [-0.2, -0.15) is 0 Å². The molecule has 0 unspecified atom stereocenters. The van der Waals surface area contributed by atoms with Crippen molar-refractivity contribution in [2.24, 2.45) is 0 Å². The van der Waals surface area contributed by atoms with Crippen molar-refractivity contribution in [1.82, 2.24) is 9.38 Å². The molecule has 0 aliphatic heterocycles. The van der Waals surface area contributed by atoms with Crippen LogP contribution in [0.1, 0.15) is 11.1 Å². The standard InChI is InChI=1S/C23H21N3O2/c1-16-3-9-20(10-4-16)28-15-23(27)24-19-7-5-18(6-8-19)21-14-26-12-11-17(2)13-22(26)25-21/h3-14H,15H2,1-2H3,(H,24,27). The van der Waals surface area contributed by atoms with Crippen LogP contribution in [0, 0.1) is 13.8 Å². The van der Waals surface area contributed by atoms with Crippen LogP contribution in [-0.2, 0) is 4.79 Å². The summed E-state index contributed by atoms with van der Waals surface area (Å²) in [6.45, 7) is 4.03. The van der Waals surface area contributed by atoms with Gasteiger partial charge in [-0.3, -0.25) is 4.79 Å². The number of pyridine rings is 1. The number of nitrogens with zero attached hydrogens (tertiary/aromatic N) is 2. The van der Waals surface area contributed by atoms with E-state index in [0.717, 1.165) is 28.2 Å². The first-order chi connectivity index (χ1) is 13.6. The number of hydrogen-bond donors (Lipinski definition) is 1. The van der Waals surface area contributed by atoms with Gasteiger partial charge in [-0.1, -0.05) is 29.8 Å². The van der Waals surface area contributed by atoms with Crippen LogP contribution in [-0.4, -0.2) is 21.9 Å². The normalized spacial score (nSPS) is 10.8. The van der Waals surface area contributed by atoms with E-state index < -0.39 is 0 Å². The van der Waals surface area contributed by atoms with Crippen molar-refractivity contribution >= 4 is 17.2 Å². The highest BCUT2D eigenvalue weighted by atomic mass is 16.5. The zero-order valence-corrected chi connectivity index (χ0v) is 15.8. The number of imidazole rings is 1. The summed E-state index contributed by atoms with van der Waals surface area (Å²) >= 11 is 0. The average molecular weight is 371 g/mol. The molecule has 0 radical (unpaired) electrons. The minimum Gasteiger partial charge on any atom is -0.484 e. The summed E-state index contributed by atoms with van der Waals surface area (Å²) in [5.74, 6) is 0.481. The van der Waals surface area contributed by atoms with Crippen LogP contribution in [0.15, 0.2) is 73.1 Å². The molecule has 28 heavy (non-hydrogen) atoms. The molecule has 1 N–H and O–H groups in total. The van der Waals surface area contributed by atoms with Crippen LogP contribution >= 0.6 is 0 Å². The van der Waals surface area contributed by atoms with E-state index in [1.54, 1.807) is 0 Å². The molecule has 5 heteroatoms. The summed E-state index contributed by atoms with van der Waals surface area (Å²) in [7, 11) is 0. The van der Waals surface area contributed by atoms with Crippen molar-refractivity contribution in [2.75, 3.05) is 11.9 Å². The first-order valence-corrected chi connectivity index (χ1v) is 9.12. The van der Waals surface area contributed by atoms with Crippen molar-refractivity contribution in [3.63, 3.8) is 0 Å². The smallest absolute Gasteiger partial charge is 0.262 e. The molecule has 0 saturated heterocycles. The van der Waals surface area contributed by atoms with Gasteiger partial charge in [0.15, 0.2) is 6.61 Å².